The van der Waals surface area contributed by atoms with Crippen LogP contribution in [0.4, 0.5) is 11.4 Å². The Labute approximate surface area is 181 Å². The van der Waals surface area contributed by atoms with Crippen LogP contribution in [0.3, 0.4) is 0 Å². The maximum atomic E-state index is 5.63. The Morgan fingerprint density at radius 2 is 1.70 bits per heavy atom. The number of aryl methyl sites for hydroxylation is 1. The van der Waals surface area contributed by atoms with Crippen LogP contribution in [0.15, 0.2) is 48.2 Å². The minimum Gasteiger partial charge on any atom is -0.496 e. The normalized spacial score (nSPS) is 15.8. The van der Waals surface area contributed by atoms with E-state index in [2.05, 4.69) is 80.5 Å². The Hall–Kier alpha value is -2.88. The lowest BCUT2D eigenvalue weighted by Gasteiger charge is -2.29. The Kier molecular flexibility index (Phi) is 6.76. The van der Waals surface area contributed by atoms with Gasteiger partial charge in [0.1, 0.15) is 11.5 Å². The summed E-state index contributed by atoms with van der Waals surface area (Å²) in [6.45, 7) is 10.7. The van der Waals surface area contributed by atoms with E-state index in [9.17, 15) is 0 Å². The quantitative estimate of drug-likeness (QED) is 0.543. The topological polar surface area (TPSA) is 33.7 Å². The molecule has 1 heterocycles. The summed E-state index contributed by atoms with van der Waals surface area (Å²) >= 11 is 0. The van der Waals surface area contributed by atoms with Crippen molar-refractivity contribution >= 4 is 17.1 Å². The van der Waals surface area contributed by atoms with Crippen LogP contribution >= 0.6 is 0 Å². The number of ether oxygens (including phenoxy) is 2. The first-order valence-electron chi connectivity index (χ1n) is 10.7. The Balaban J connectivity index is 2.08. The molecule has 1 aliphatic heterocycles. The van der Waals surface area contributed by atoms with Gasteiger partial charge in [-0.2, -0.15) is 0 Å². The van der Waals surface area contributed by atoms with E-state index < -0.39 is 0 Å². The number of anilines is 2. The molecule has 30 heavy (non-hydrogen) atoms. The number of rotatable bonds is 8. The number of hydrogen-bond donors (Lipinski definition) is 1. The third-order valence-electron chi connectivity index (χ3n) is 5.84. The number of allylic oxidation sites excluding steroid dienone is 1. The molecule has 0 fully saturated rings. The van der Waals surface area contributed by atoms with Crippen LogP contribution in [0.2, 0.25) is 0 Å². The molecule has 0 aromatic heterocycles. The summed E-state index contributed by atoms with van der Waals surface area (Å²) in [5.74, 6) is 1.64. The molecule has 2 aromatic rings. The summed E-state index contributed by atoms with van der Waals surface area (Å²) in [6.07, 6.45) is 6.62. The molecule has 0 amide bonds. The van der Waals surface area contributed by atoms with Gasteiger partial charge in [-0.3, -0.25) is 0 Å². The van der Waals surface area contributed by atoms with Gasteiger partial charge in [0.25, 0.3) is 0 Å². The zero-order valence-corrected chi connectivity index (χ0v) is 19.3. The van der Waals surface area contributed by atoms with Gasteiger partial charge in [-0.1, -0.05) is 25.5 Å². The van der Waals surface area contributed by atoms with Gasteiger partial charge in [0.05, 0.1) is 19.9 Å². The predicted molar refractivity (Wildman–Crippen MR) is 127 cm³/mol. The van der Waals surface area contributed by atoms with E-state index in [0.717, 1.165) is 41.3 Å². The van der Waals surface area contributed by atoms with Crippen LogP contribution in [0, 0.1) is 13.8 Å². The van der Waals surface area contributed by atoms with Crippen LogP contribution < -0.4 is 19.7 Å². The maximum Gasteiger partial charge on any atom is 0.127 e. The first-order valence-corrected chi connectivity index (χ1v) is 10.7. The SMILES string of the molecule is CC/C(C)=C\N(c1cc(OC)c(C)c(OC)c1)c1ccc(C2=CC(CC)N2)cc1C. The number of nitrogens with zero attached hydrogens (tertiary/aromatic N) is 1. The summed E-state index contributed by atoms with van der Waals surface area (Å²) < 4.78 is 11.3. The average Bonchev–Trinajstić information content (AvgIpc) is 2.72. The lowest BCUT2D eigenvalue weighted by Crippen LogP contribution is -2.34. The van der Waals surface area contributed by atoms with Crippen molar-refractivity contribution in [2.45, 2.75) is 53.5 Å². The van der Waals surface area contributed by atoms with E-state index in [-0.39, 0.29) is 0 Å². The third-order valence-corrected chi connectivity index (χ3v) is 5.84. The minimum absolute atomic E-state index is 0.499. The van der Waals surface area contributed by atoms with Gasteiger partial charge in [0.15, 0.2) is 0 Å². The van der Waals surface area contributed by atoms with E-state index in [1.165, 1.54) is 22.4 Å². The molecule has 0 aliphatic carbocycles. The van der Waals surface area contributed by atoms with Crippen LogP contribution in [-0.4, -0.2) is 20.3 Å². The summed E-state index contributed by atoms with van der Waals surface area (Å²) in [5.41, 5.74) is 8.13. The number of nitrogens with one attached hydrogen (secondary N) is 1. The van der Waals surface area contributed by atoms with Crippen molar-refractivity contribution in [2.75, 3.05) is 19.1 Å². The molecule has 0 spiro atoms. The Morgan fingerprint density at radius 3 is 2.20 bits per heavy atom. The fourth-order valence-corrected chi connectivity index (χ4v) is 3.69. The molecule has 3 rings (SSSR count). The molecular weight excluding hydrogens is 372 g/mol. The van der Waals surface area contributed by atoms with Crippen molar-refractivity contribution < 1.29 is 9.47 Å². The van der Waals surface area contributed by atoms with E-state index >= 15 is 0 Å². The van der Waals surface area contributed by atoms with Crippen molar-refractivity contribution in [1.29, 1.82) is 0 Å². The van der Waals surface area contributed by atoms with Gasteiger partial charge in [-0.25, -0.2) is 0 Å². The second-order valence-corrected chi connectivity index (χ2v) is 7.91. The van der Waals surface area contributed by atoms with Crippen LogP contribution in [-0.2, 0) is 0 Å². The monoisotopic (exact) mass is 406 g/mol. The van der Waals surface area contributed by atoms with Crippen LogP contribution in [0.25, 0.3) is 5.70 Å². The molecule has 1 aliphatic rings. The second kappa shape index (κ2) is 9.29. The molecule has 0 radical (unpaired) electrons. The molecule has 1 N–H and O–H groups in total. The smallest absolute Gasteiger partial charge is 0.127 e. The summed E-state index contributed by atoms with van der Waals surface area (Å²) in [7, 11) is 3.40. The summed E-state index contributed by atoms with van der Waals surface area (Å²) in [6, 6.07) is 11.3. The van der Waals surface area contributed by atoms with E-state index in [1.807, 2.05) is 6.92 Å². The largest absolute Gasteiger partial charge is 0.496 e. The van der Waals surface area contributed by atoms with Gasteiger partial charge in [0, 0.05) is 41.3 Å². The second-order valence-electron chi connectivity index (χ2n) is 7.91. The molecule has 1 unspecified atom stereocenters. The highest BCUT2D eigenvalue weighted by Crippen LogP contribution is 2.39. The minimum atomic E-state index is 0.499. The van der Waals surface area contributed by atoms with Crippen LogP contribution in [0.1, 0.15) is 50.3 Å². The summed E-state index contributed by atoms with van der Waals surface area (Å²) in [5, 5.41) is 3.53. The van der Waals surface area contributed by atoms with E-state index in [4.69, 9.17) is 9.47 Å². The highest BCUT2D eigenvalue weighted by atomic mass is 16.5. The fraction of sp³-hybridized carbons (Fsp3) is 0.385. The Bertz CT molecular complexity index is 950. The maximum absolute atomic E-state index is 5.63. The number of hydrogen-bond acceptors (Lipinski definition) is 4. The zero-order valence-electron chi connectivity index (χ0n) is 19.3. The fourth-order valence-electron chi connectivity index (χ4n) is 3.69. The molecule has 0 bridgehead atoms. The number of methoxy groups -OCH3 is 2. The van der Waals surface area contributed by atoms with Crippen molar-refractivity contribution in [2.24, 2.45) is 0 Å². The zero-order chi connectivity index (χ0) is 21.8. The first-order chi connectivity index (χ1) is 14.4. The van der Waals surface area contributed by atoms with E-state index in [1.54, 1.807) is 14.2 Å². The highest BCUT2D eigenvalue weighted by molar-refractivity contribution is 5.77. The molecule has 4 heteroatoms. The van der Waals surface area contributed by atoms with Crippen molar-refractivity contribution in [3.63, 3.8) is 0 Å². The van der Waals surface area contributed by atoms with Gasteiger partial charge < -0.3 is 19.7 Å². The Morgan fingerprint density at radius 1 is 1.07 bits per heavy atom. The molecule has 2 aromatic carbocycles. The lowest BCUT2D eigenvalue weighted by atomic mass is 9.98. The number of benzene rings is 2. The van der Waals surface area contributed by atoms with Gasteiger partial charge in [-0.05, 0) is 62.9 Å². The lowest BCUT2D eigenvalue weighted by molar-refractivity contribution is 0.389. The molecule has 4 nitrogen and oxygen atoms in total. The first kappa shape index (κ1) is 21.8. The molecule has 0 saturated heterocycles. The molecule has 1 atom stereocenters. The summed E-state index contributed by atoms with van der Waals surface area (Å²) in [4.78, 5) is 2.24. The van der Waals surface area contributed by atoms with Crippen molar-refractivity contribution in [3.05, 3.63) is 64.9 Å². The van der Waals surface area contributed by atoms with Crippen LogP contribution in [0.5, 0.6) is 11.5 Å². The molecule has 0 saturated carbocycles. The van der Waals surface area contributed by atoms with Gasteiger partial charge in [0.2, 0.25) is 0 Å². The molecular formula is C26H34N2O2. The molecule has 160 valence electrons. The van der Waals surface area contributed by atoms with E-state index in [0.29, 0.717) is 6.04 Å². The van der Waals surface area contributed by atoms with Gasteiger partial charge >= 0.3 is 0 Å². The third kappa shape index (κ3) is 4.33. The van der Waals surface area contributed by atoms with Crippen molar-refractivity contribution in [1.82, 2.24) is 5.32 Å². The standard InChI is InChI=1S/C26H34N2O2/c1-8-17(3)16-28(22-14-25(29-6)19(5)26(15-22)30-7)24-11-10-20(12-18(24)4)23-13-21(9-2)27-23/h10-16,21,27H,8-9H2,1-7H3/b17-16-. The average molecular weight is 407 g/mol. The predicted octanol–water partition coefficient (Wildman–Crippen LogP) is 6.50. The van der Waals surface area contributed by atoms with Gasteiger partial charge in [-0.15, -0.1) is 0 Å². The van der Waals surface area contributed by atoms with Crippen molar-refractivity contribution in [3.8, 4) is 11.5 Å². The highest BCUT2D eigenvalue weighted by Gasteiger charge is 2.19.